The fourth-order valence-electron chi connectivity index (χ4n) is 2.36. The van der Waals surface area contributed by atoms with Crippen molar-refractivity contribution in [3.8, 4) is 0 Å². The summed E-state index contributed by atoms with van der Waals surface area (Å²) in [6.07, 6.45) is 0.985. The zero-order valence-corrected chi connectivity index (χ0v) is 11.2. The maximum absolute atomic E-state index is 12.0. The van der Waals surface area contributed by atoms with E-state index in [-0.39, 0.29) is 17.8 Å². The van der Waals surface area contributed by atoms with Gasteiger partial charge in [0.05, 0.1) is 19.4 Å². The lowest BCUT2D eigenvalue weighted by molar-refractivity contribution is -0.145. The zero-order chi connectivity index (χ0) is 14.0. The second-order valence-electron chi connectivity index (χ2n) is 4.70. The van der Waals surface area contributed by atoms with Crippen LogP contribution in [0.5, 0.6) is 0 Å². The van der Waals surface area contributed by atoms with E-state index in [0.717, 1.165) is 11.3 Å². The molecule has 1 heterocycles. The number of nitrogen functional groups attached to an aromatic ring is 1. The van der Waals surface area contributed by atoms with Crippen molar-refractivity contribution in [1.29, 1.82) is 0 Å². The smallest absolute Gasteiger partial charge is 0.310 e. The minimum atomic E-state index is -0.294. The number of amides is 1. The Hall–Kier alpha value is -2.04. The summed E-state index contributed by atoms with van der Waals surface area (Å²) in [4.78, 5) is 25.3. The highest BCUT2D eigenvalue weighted by atomic mass is 16.5. The Morgan fingerprint density at radius 3 is 2.89 bits per heavy atom. The first-order valence-corrected chi connectivity index (χ1v) is 6.33. The number of esters is 1. The highest BCUT2D eigenvalue weighted by molar-refractivity contribution is 6.02. The van der Waals surface area contributed by atoms with Gasteiger partial charge in [-0.3, -0.25) is 9.59 Å². The summed E-state index contributed by atoms with van der Waals surface area (Å²) in [7, 11) is 1.37. The maximum Gasteiger partial charge on any atom is 0.310 e. The third-order valence-electron chi connectivity index (χ3n) is 3.47. The number of hydrogen-bond acceptors (Lipinski definition) is 4. The van der Waals surface area contributed by atoms with Gasteiger partial charge in [-0.25, -0.2) is 0 Å². The summed E-state index contributed by atoms with van der Waals surface area (Å²) in [5.41, 5.74) is 8.13. The first-order chi connectivity index (χ1) is 9.06. The number of carbonyl (C=O) groups is 2. The molecule has 0 aromatic heterocycles. The van der Waals surface area contributed by atoms with Crippen molar-refractivity contribution in [2.45, 2.75) is 19.8 Å². The molecule has 1 aromatic carbocycles. The molecule has 1 aromatic rings. The van der Waals surface area contributed by atoms with E-state index in [1.54, 1.807) is 11.0 Å². The fourth-order valence-corrected chi connectivity index (χ4v) is 2.36. The van der Waals surface area contributed by atoms with Crippen LogP contribution in [0.4, 0.5) is 11.4 Å². The number of nitrogens with zero attached hydrogens (tertiary/aromatic N) is 1. The fraction of sp³-hybridized carbons (Fsp3) is 0.429. The van der Waals surface area contributed by atoms with Crippen molar-refractivity contribution in [1.82, 2.24) is 0 Å². The number of nitrogens with two attached hydrogens (primary N) is 1. The average Bonchev–Trinajstić information content (AvgIpc) is 2.70. The molecule has 0 bridgehead atoms. The highest BCUT2D eigenvalue weighted by Crippen LogP contribution is 2.31. The number of fused-ring (bicyclic) bond motifs is 1. The van der Waals surface area contributed by atoms with Crippen molar-refractivity contribution >= 4 is 23.3 Å². The number of ether oxygens (including phenoxy) is 1. The second kappa shape index (κ2) is 5.30. The van der Waals surface area contributed by atoms with Crippen molar-refractivity contribution in [2.75, 3.05) is 24.3 Å². The van der Waals surface area contributed by atoms with Gasteiger partial charge >= 0.3 is 5.97 Å². The van der Waals surface area contributed by atoms with Gasteiger partial charge in [-0.15, -0.1) is 0 Å². The van der Waals surface area contributed by atoms with Crippen LogP contribution in [-0.4, -0.2) is 25.5 Å². The van der Waals surface area contributed by atoms with Gasteiger partial charge in [-0.05, 0) is 30.2 Å². The van der Waals surface area contributed by atoms with Crippen LogP contribution in [0.25, 0.3) is 0 Å². The average molecular weight is 262 g/mol. The molecule has 2 rings (SSSR count). The quantitative estimate of drug-likeness (QED) is 0.657. The molecular weight excluding hydrogens is 244 g/mol. The second-order valence-corrected chi connectivity index (χ2v) is 4.70. The summed E-state index contributed by atoms with van der Waals surface area (Å²) in [6.45, 7) is 2.27. The molecule has 1 amide bonds. The third kappa shape index (κ3) is 2.54. The first-order valence-electron chi connectivity index (χ1n) is 6.33. The summed E-state index contributed by atoms with van der Waals surface area (Å²) < 4.78 is 4.76. The standard InChI is InChI=1S/C14H18N2O3/c1-3-9(14(18)19-2)8-16-12-5-4-11(15)6-10(12)7-13(16)17/h4-6,9H,3,7-8,15H2,1-2H3. The maximum atomic E-state index is 12.0. The van der Waals surface area contributed by atoms with E-state index in [2.05, 4.69) is 0 Å². The molecule has 2 N–H and O–H groups in total. The normalized spacial score (nSPS) is 15.3. The van der Waals surface area contributed by atoms with Crippen LogP contribution in [0.1, 0.15) is 18.9 Å². The Kier molecular flexibility index (Phi) is 3.74. The van der Waals surface area contributed by atoms with E-state index in [0.29, 0.717) is 25.1 Å². The van der Waals surface area contributed by atoms with Gasteiger partial charge in [-0.1, -0.05) is 6.92 Å². The lowest BCUT2D eigenvalue weighted by Gasteiger charge is -2.22. The first kappa shape index (κ1) is 13.4. The summed E-state index contributed by atoms with van der Waals surface area (Å²) >= 11 is 0. The van der Waals surface area contributed by atoms with Crippen LogP contribution in [0.2, 0.25) is 0 Å². The van der Waals surface area contributed by atoms with Crippen LogP contribution in [0.3, 0.4) is 0 Å². The van der Waals surface area contributed by atoms with Gasteiger partial charge in [0.2, 0.25) is 5.91 Å². The molecule has 0 aliphatic carbocycles. The molecule has 0 saturated carbocycles. The minimum Gasteiger partial charge on any atom is -0.469 e. The minimum absolute atomic E-state index is 0.00273. The van der Waals surface area contributed by atoms with E-state index in [9.17, 15) is 9.59 Å². The van der Waals surface area contributed by atoms with Gasteiger partial charge in [-0.2, -0.15) is 0 Å². The molecule has 0 fully saturated rings. The van der Waals surface area contributed by atoms with Gasteiger partial charge in [0.15, 0.2) is 0 Å². The summed E-state index contributed by atoms with van der Waals surface area (Å²) in [5.74, 6) is -0.570. The lowest BCUT2D eigenvalue weighted by Crippen LogP contribution is -2.35. The van der Waals surface area contributed by atoms with Crippen molar-refractivity contribution in [2.24, 2.45) is 5.92 Å². The number of rotatable bonds is 4. The van der Waals surface area contributed by atoms with Gasteiger partial charge < -0.3 is 15.4 Å². The molecule has 5 heteroatoms. The Bertz CT molecular complexity index is 513. The van der Waals surface area contributed by atoms with Crippen LogP contribution in [0, 0.1) is 5.92 Å². The Balaban J connectivity index is 2.22. The Labute approximate surface area is 112 Å². The van der Waals surface area contributed by atoms with Crippen LogP contribution in [0.15, 0.2) is 18.2 Å². The lowest BCUT2D eigenvalue weighted by atomic mass is 10.1. The van der Waals surface area contributed by atoms with E-state index >= 15 is 0 Å². The van der Waals surface area contributed by atoms with E-state index in [4.69, 9.17) is 10.5 Å². The Morgan fingerprint density at radius 2 is 2.26 bits per heavy atom. The van der Waals surface area contributed by atoms with Crippen LogP contribution < -0.4 is 10.6 Å². The number of hydrogen-bond donors (Lipinski definition) is 1. The summed E-state index contributed by atoms with van der Waals surface area (Å²) in [6, 6.07) is 5.41. The number of carbonyl (C=O) groups excluding carboxylic acids is 2. The highest BCUT2D eigenvalue weighted by Gasteiger charge is 2.31. The van der Waals surface area contributed by atoms with E-state index < -0.39 is 0 Å². The monoisotopic (exact) mass is 262 g/mol. The van der Waals surface area contributed by atoms with E-state index in [1.165, 1.54) is 7.11 Å². The topological polar surface area (TPSA) is 72.6 Å². The molecule has 102 valence electrons. The van der Waals surface area contributed by atoms with E-state index in [1.807, 2.05) is 19.1 Å². The molecule has 5 nitrogen and oxygen atoms in total. The Morgan fingerprint density at radius 1 is 1.53 bits per heavy atom. The van der Waals surface area contributed by atoms with Crippen molar-refractivity contribution in [3.05, 3.63) is 23.8 Å². The van der Waals surface area contributed by atoms with Gasteiger partial charge in [0.1, 0.15) is 0 Å². The predicted molar refractivity (Wildman–Crippen MR) is 72.7 cm³/mol. The van der Waals surface area contributed by atoms with Gasteiger partial charge in [0.25, 0.3) is 0 Å². The predicted octanol–water partition coefficient (Wildman–Crippen LogP) is 1.36. The van der Waals surface area contributed by atoms with Crippen LogP contribution in [-0.2, 0) is 20.7 Å². The largest absolute Gasteiger partial charge is 0.469 e. The number of benzene rings is 1. The molecular formula is C14H18N2O3. The molecule has 1 aliphatic rings. The van der Waals surface area contributed by atoms with Gasteiger partial charge in [0, 0.05) is 17.9 Å². The number of methoxy groups -OCH3 is 1. The van der Waals surface area contributed by atoms with Crippen LogP contribution >= 0.6 is 0 Å². The van der Waals surface area contributed by atoms with Crippen molar-refractivity contribution in [3.63, 3.8) is 0 Å². The summed E-state index contributed by atoms with van der Waals surface area (Å²) in [5, 5.41) is 0. The molecule has 1 atom stereocenters. The molecule has 0 radical (unpaired) electrons. The third-order valence-corrected chi connectivity index (χ3v) is 3.47. The number of anilines is 2. The molecule has 1 unspecified atom stereocenters. The molecule has 19 heavy (non-hydrogen) atoms. The molecule has 0 saturated heterocycles. The molecule has 0 spiro atoms. The van der Waals surface area contributed by atoms with Crippen molar-refractivity contribution < 1.29 is 14.3 Å². The SMILES string of the molecule is CCC(CN1C(=O)Cc2cc(N)ccc21)C(=O)OC. The zero-order valence-electron chi connectivity index (χ0n) is 11.2. The molecule has 1 aliphatic heterocycles.